The summed E-state index contributed by atoms with van der Waals surface area (Å²) in [4.78, 5) is 23.0. The first kappa shape index (κ1) is 14.5. The lowest BCUT2D eigenvalue weighted by molar-refractivity contribution is -0.385. The Morgan fingerprint density at radius 2 is 2.05 bits per heavy atom. The molecule has 110 valence electrons. The molecule has 0 heterocycles. The molecule has 0 fully saturated rings. The van der Waals surface area contributed by atoms with Crippen molar-refractivity contribution in [2.24, 2.45) is 0 Å². The van der Waals surface area contributed by atoms with E-state index in [0.717, 1.165) is 5.56 Å². The summed E-state index contributed by atoms with van der Waals surface area (Å²) in [5, 5.41) is 11.6. The molecule has 0 atom stereocenters. The van der Waals surface area contributed by atoms with Crippen molar-refractivity contribution in [2.45, 2.75) is 13.3 Å². The first-order valence-corrected chi connectivity index (χ1v) is 7.13. The number of allylic oxidation sites excluding steroid dienone is 1. The fourth-order valence-electron chi connectivity index (χ4n) is 2.63. The van der Waals surface area contributed by atoms with Crippen LogP contribution in [0.15, 0.2) is 42.0 Å². The normalized spacial score (nSPS) is 15.2. The SMILES string of the molecule is Cc1ccc(C=C2Cc3c(Cl)cccc3C2=O)cc1[N+](=O)[O-]. The summed E-state index contributed by atoms with van der Waals surface area (Å²) < 4.78 is 0. The van der Waals surface area contributed by atoms with Gasteiger partial charge in [-0.25, -0.2) is 0 Å². The van der Waals surface area contributed by atoms with Gasteiger partial charge in [-0.2, -0.15) is 0 Å². The van der Waals surface area contributed by atoms with E-state index in [1.54, 1.807) is 43.3 Å². The van der Waals surface area contributed by atoms with Gasteiger partial charge in [-0.1, -0.05) is 35.9 Å². The average Bonchev–Trinajstić information content (AvgIpc) is 2.79. The highest BCUT2D eigenvalue weighted by molar-refractivity contribution is 6.33. The van der Waals surface area contributed by atoms with Crippen molar-refractivity contribution in [3.8, 4) is 0 Å². The molecule has 1 aliphatic carbocycles. The number of nitrogens with zero attached hydrogens (tertiary/aromatic N) is 1. The standard InChI is InChI=1S/C17H12ClNO3/c1-10-5-6-11(8-16(10)19(21)22)7-12-9-14-13(17(12)20)3-2-4-15(14)18/h2-8H,9H2,1H3. The van der Waals surface area contributed by atoms with Crippen molar-refractivity contribution in [3.63, 3.8) is 0 Å². The van der Waals surface area contributed by atoms with Crippen LogP contribution in [0.1, 0.15) is 27.0 Å². The van der Waals surface area contributed by atoms with Crippen molar-refractivity contribution in [2.75, 3.05) is 0 Å². The molecule has 0 aromatic heterocycles. The molecule has 0 spiro atoms. The number of nitro benzene ring substituents is 1. The molecule has 2 aromatic carbocycles. The third-order valence-corrected chi connectivity index (χ3v) is 4.15. The predicted octanol–water partition coefficient (Wildman–Crippen LogP) is 4.38. The Hall–Kier alpha value is -2.46. The Morgan fingerprint density at radius 3 is 2.73 bits per heavy atom. The van der Waals surface area contributed by atoms with Crippen LogP contribution in [0, 0.1) is 17.0 Å². The molecule has 3 rings (SSSR count). The number of rotatable bonds is 2. The monoisotopic (exact) mass is 313 g/mol. The maximum atomic E-state index is 12.4. The van der Waals surface area contributed by atoms with Gasteiger partial charge in [0.1, 0.15) is 0 Å². The van der Waals surface area contributed by atoms with Crippen LogP contribution in [0.4, 0.5) is 5.69 Å². The van der Waals surface area contributed by atoms with E-state index in [9.17, 15) is 14.9 Å². The number of hydrogen-bond donors (Lipinski definition) is 0. The molecule has 0 radical (unpaired) electrons. The number of carbonyl (C=O) groups excluding carboxylic acids is 1. The van der Waals surface area contributed by atoms with E-state index in [4.69, 9.17) is 11.6 Å². The summed E-state index contributed by atoms with van der Waals surface area (Å²) in [5.41, 5.74) is 3.32. The predicted molar refractivity (Wildman–Crippen MR) is 85.3 cm³/mol. The number of nitro groups is 1. The maximum absolute atomic E-state index is 12.4. The van der Waals surface area contributed by atoms with Crippen molar-refractivity contribution < 1.29 is 9.72 Å². The smallest absolute Gasteiger partial charge is 0.272 e. The number of aryl methyl sites for hydroxylation is 1. The van der Waals surface area contributed by atoms with Crippen LogP contribution >= 0.6 is 11.6 Å². The summed E-state index contributed by atoms with van der Waals surface area (Å²) in [5.74, 6) is -0.0688. The molecule has 2 aromatic rings. The summed E-state index contributed by atoms with van der Waals surface area (Å²) >= 11 is 6.12. The number of ketones is 1. The second-order valence-electron chi connectivity index (χ2n) is 5.24. The summed E-state index contributed by atoms with van der Waals surface area (Å²) in [6.07, 6.45) is 2.15. The van der Waals surface area contributed by atoms with Crippen LogP contribution in [-0.4, -0.2) is 10.7 Å². The van der Waals surface area contributed by atoms with Gasteiger partial charge in [0.15, 0.2) is 5.78 Å². The minimum atomic E-state index is -0.417. The summed E-state index contributed by atoms with van der Waals surface area (Å²) in [6.45, 7) is 1.69. The van der Waals surface area contributed by atoms with Gasteiger partial charge in [-0.3, -0.25) is 14.9 Å². The van der Waals surface area contributed by atoms with Crippen LogP contribution < -0.4 is 0 Å². The number of halogens is 1. The van der Waals surface area contributed by atoms with E-state index in [0.29, 0.717) is 33.7 Å². The van der Waals surface area contributed by atoms with E-state index in [2.05, 4.69) is 0 Å². The zero-order valence-corrected chi connectivity index (χ0v) is 12.6. The number of benzene rings is 2. The van der Waals surface area contributed by atoms with E-state index in [-0.39, 0.29) is 11.5 Å². The number of carbonyl (C=O) groups is 1. The molecule has 5 heteroatoms. The van der Waals surface area contributed by atoms with Gasteiger partial charge in [0.2, 0.25) is 0 Å². The second-order valence-corrected chi connectivity index (χ2v) is 5.65. The van der Waals surface area contributed by atoms with Crippen LogP contribution in [0.3, 0.4) is 0 Å². The highest BCUT2D eigenvalue weighted by atomic mass is 35.5. The highest BCUT2D eigenvalue weighted by Gasteiger charge is 2.26. The topological polar surface area (TPSA) is 60.2 Å². The molecule has 0 saturated heterocycles. The van der Waals surface area contributed by atoms with E-state index in [1.807, 2.05) is 0 Å². The lowest BCUT2D eigenvalue weighted by Crippen LogP contribution is -1.96. The third-order valence-electron chi connectivity index (χ3n) is 3.79. The van der Waals surface area contributed by atoms with Gasteiger partial charge in [0, 0.05) is 34.2 Å². The van der Waals surface area contributed by atoms with Gasteiger partial charge >= 0.3 is 0 Å². The van der Waals surface area contributed by atoms with E-state index >= 15 is 0 Å². The molecule has 0 N–H and O–H groups in total. The highest BCUT2D eigenvalue weighted by Crippen LogP contribution is 2.33. The minimum Gasteiger partial charge on any atom is -0.289 e. The minimum absolute atomic E-state index is 0.0512. The van der Waals surface area contributed by atoms with Gasteiger partial charge in [-0.15, -0.1) is 0 Å². The Labute approximate surface area is 132 Å². The van der Waals surface area contributed by atoms with Crippen LogP contribution in [-0.2, 0) is 6.42 Å². The lowest BCUT2D eigenvalue weighted by atomic mass is 10.1. The first-order chi connectivity index (χ1) is 10.5. The molecule has 4 nitrogen and oxygen atoms in total. The van der Waals surface area contributed by atoms with Crippen LogP contribution in [0.5, 0.6) is 0 Å². The van der Waals surface area contributed by atoms with Crippen molar-refractivity contribution >= 4 is 29.1 Å². The van der Waals surface area contributed by atoms with Crippen LogP contribution in [0.2, 0.25) is 5.02 Å². The van der Waals surface area contributed by atoms with Crippen molar-refractivity contribution in [1.29, 1.82) is 0 Å². The zero-order chi connectivity index (χ0) is 15.9. The van der Waals surface area contributed by atoms with Crippen molar-refractivity contribution in [3.05, 3.63) is 79.4 Å². The van der Waals surface area contributed by atoms with Gasteiger partial charge in [0.05, 0.1) is 4.92 Å². The van der Waals surface area contributed by atoms with E-state index < -0.39 is 4.92 Å². The van der Waals surface area contributed by atoms with Crippen molar-refractivity contribution in [1.82, 2.24) is 0 Å². The Balaban J connectivity index is 2.02. The van der Waals surface area contributed by atoms with Crippen LogP contribution in [0.25, 0.3) is 6.08 Å². The van der Waals surface area contributed by atoms with E-state index in [1.165, 1.54) is 6.07 Å². The molecule has 1 aliphatic rings. The lowest BCUT2D eigenvalue weighted by Gasteiger charge is -2.00. The average molecular weight is 314 g/mol. The third kappa shape index (κ3) is 2.42. The molecule has 0 saturated carbocycles. The molecular weight excluding hydrogens is 302 g/mol. The number of Topliss-reactive ketones (excluding diaryl/α,β-unsaturated/α-hetero) is 1. The first-order valence-electron chi connectivity index (χ1n) is 6.75. The maximum Gasteiger partial charge on any atom is 0.272 e. The summed E-state index contributed by atoms with van der Waals surface area (Å²) in [6, 6.07) is 10.2. The zero-order valence-electron chi connectivity index (χ0n) is 11.8. The van der Waals surface area contributed by atoms with Gasteiger partial charge in [0.25, 0.3) is 5.69 Å². The largest absolute Gasteiger partial charge is 0.289 e. The molecule has 0 amide bonds. The quantitative estimate of drug-likeness (QED) is 0.469. The Bertz CT molecular complexity index is 840. The van der Waals surface area contributed by atoms with Gasteiger partial charge in [-0.05, 0) is 30.2 Å². The number of hydrogen-bond acceptors (Lipinski definition) is 3. The molecule has 0 bridgehead atoms. The van der Waals surface area contributed by atoms with Gasteiger partial charge < -0.3 is 0 Å². The Kier molecular flexibility index (Phi) is 3.54. The molecule has 22 heavy (non-hydrogen) atoms. The fourth-order valence-corrected chi connectivity index (χ4v) is 2.87. The number of fused-ring (bicyclic) bond motifs is 1. The summed E-state index contributed by atoms with van der Waals surface area (Å²) in [7, 11) is 0. The fraction of sp³-hybridized carbons (Fsp3) is 0.118. The molecular formula is C17H12ClNO3. The second kappa shape index (κ2) is 5.39. The molecule has 0 unspecified atom stereocenters. The Morgan fingerprint density at radius 1 is 1.27 bits per heavy atom. The molecule has 0 aliphatic heterocycles.